The summed E-state index contributed by atoms with van der Waals surface area (Å²) in [7, 11) is 0. The number of hydrogen-bond acceptors (Lipinski definition) is 4. The van der Waals surface area contributed by atoms with Crippen LogP contribution in [-0.2, 0) is 0 Å². The zero-order valence-electron chi connectivity index (χ0n) is 16.1. The van der Waals surface area contributed by atoms with Gasteiger partial charge in [-0.15, -0.1) is 5.10 Å². The van der Waals surface area contributed by atoms with E-state index in [1.807, 2.05) is 36.1 Å². The predicted molar refractivity (Wildman–Crippen MR) is 114 cm³/mol. The lowest BCUT2D eigenvalue weighted by Crippen LogP contribution is -2.49. The molecule has 0 bridgehead atoms. The van der Waals surface area contributed by atoms with Gasteiger partial charge < -0.3 is 9.80 Å². The van der Waals surface area contributed by atoms with Crippen LogP contribution in [0, 0.1) is 6.92 Å². The van der Waals surface area contributed by atoms with Crippen molar-refractivity contribution in [3.05, 3.63) is 87.2 Å². The maximum atomic E-state index is 12.7. The molecule has 148 valence electrons. The molecule has 0 atom stereocenters. The molecular weight excluding hydrogens is 388 g/mol. The third-order valence-corrected chi connectivity index (χ3v) is 5.26. The van der Waals surface area contributed by atoms with Crippen molar-refractivity contribution in [2.75, 3.05) is 31.1 Å². The number of halogens is 1. The highest BCUT2D eigenvalue weighted by Crippen LogP contribution is 2.17. The molecule has 2 aromatic carbocycles. The number of piperazine rings is 1. The number of nitrogens with zero attached hydrogens (tertiary/aromatic N) is 4. The summed E-state index contributed by atoms with van der Waals surface area (Å²) in [4.78, 5) is 28.9. The molecule has 0 saturated carbocycles. The Morgan fingerprint density at radius 2 is 1.69 bits per heavy atom. The molecule has 1 aliphatic rings. The summed E-state index contributed by atoms with van der Waals surface area (Å²) in [5.74, 6) is 0.699. The summed E-state index contributed by atoms with van der Waals surface area (Å²) in [6.45, 7) is 4.45. The van der Waals surface area contributed by atoms with Crippen molar-refractivity contribution in [1.29, 1.82) is 0 Å². The molecule has 0 radical (unpaired) electrons. The Kier molecular flexibility index (Phi) is 5.36. The second kappa shape index (κ2) is 8.09. The van der Waals surface area contributed by atoms with Gasteiger partial charge in [0.15, 0.2) is 0 Å². The van der Waals surface area contributed by atoms with Crippen LogP contribution in [0.15, 0.2) is 65.5 Å². The van der Waals surface area contributed by atoms with E-state index in [0.717, 1.165) is 17.1 Å². The van der Waals surface area contributed by atoms with Crippen molar-refractivity contribution >= 4 is 23.3 Å². The monoisotopic (exact) mass is 408 g/mol. The first kappa shape index (κ1) is 19.2. The minimum Gasteiger partial charge on any atom is -0.352 e. The summed E-state index contributed by atoms with van der Waals surface area (Å²) >= 11 is 6.00. The van der Waals surface area contributed by atoms with E-state index in [9.17, 15) is 9.59 Å². The Labute approximate surface area is 173 Å². The van der Waals surface area contributed by atoms with Crippen molar-refractivity contribution in [3.8, 4) is 5.69 Å². The summed E-state index contributed by atoms with van der Waals surface area (Å²) < 4.78 is 1.41. The molecule has 1 aliphatic heterocycles. The van der Waals surface area contributed by atoms with Crippen molar-refractivity contribution in [3.63, 3.8) is 0 Å². The highest BCUT2D eigenvalue weighted by Gasteiger charge is 2.23. The minimum atomic E-state index is -0.174. The first-order valence-corrected chi connectivity index (χ1v) is 9.86. The van der Waals surface area contributed by atoms with Crippen molar-refractivity contribution in [2.45, 2.75) is 6.92 Å². The standard InChI is InChI=1S/C22H21ClN4O2/c1-16-5-7-19(8-6-16)27-21(28)10-9-20(24-27)25-11-13-26(14-12-25)22(29)17-3-2-4-18(23)15-17/h2-10,15H,11-14H2,1H3. The van der Waals surface area contributed by atoms with Gasteiger partial charge in [0.1, 0.15) is 5.82 Å². The second-order valence-electron chi connectivity index (χ2n) is 7.07. The lowest BCUT2D eigenvalue weighted by Gasteiger charge is -2.35. The predicted octanol–water partition coefficient (Wildman–Crippen LogP) is 3.16. The Hall–Kier alpha value is -3.12. The third-order valence-electron chi connectivity index (χ3n) is 5.03. The van der Waals surface area contributed by atoms with Crippen molar-refractivity contribution in [2.24, 2.45) is 0 Å². The highest BCUT2D eigenvalue weighted by atomic mass is 35.5. The van der Waals surface area contributed by atoms with Crippen LogP contribution in [0.3, 0.4) is 0 Å². The molecule has 1 fully saturated rings. The van der Waals surface area contributed by atoms with Gasteiger partial charge in [0.25, 0.3) is 11.5 Å². The van der Waals surface area contributed by atoms with E-state index in [1.54, 1.807) is 30.3 Å². The SMILES string of the molecule is Cc1ccc(-n2nc(N3CCN(C(=O)c4cccc(Cl)c4)CC3)ccc2=O)cc1. The molecule has 3 aromatic rings. The average Bonchev–Trinajstić information content (AvgIpc) is 2.74. The fourth-order valence-corrected chi connectivity index (χ4v) is 3.57. The van der Waals surface area contributed by atoms with E-state index in [0.29, 0.717) is 36.8 Å². The molecule has 1 saturated heterocycles. The van der Waals surface area contributed by atoms with Crippen LogP contribution in [0.5, 0.6) is 0 Å². The topological polar surface area (TPSA) is 58.4 Å². The molecule has 0 N–H and O–H groups in total. The van der Waals surface area contributed by atoms with Crippen LogP contribution in [0.1, 0.15) is 15.9 Å². The third kappa shape index (κ3) is 4.17. The van der Waals surface area contributed by atoms with Gasteiger partial charge in [0.05, 0.1) is 5.69 Å². The van der Waals surface area contributed by atoms with E-state index in [-0.39, 0.29) is 11.5 Å². The molecule has 0 unspecified atom stereocenters. The van der Waals surface area contributed by atoms with Gasteiger partial charge in [-0.25, -0.2) is 0 Å². The molecule has 6 nitrogen and oxygen atoms in total. The molecule has 2 heterocycles. The van der Waals surface area contributed by atoms with E-state index in [2.05, 4.69) is 10.00 Å². The van der Waals surface area contributed by atoms with Crippen molar-refractivity contribution < 1.29 is 4.79 Å². The number of amides is 1. The Morgan fingerprint density at radius 3 is 2.38 bits per heavy atom. The first-order chi connectivity index (χ1) is 14.0. The van der Waals surface area contributed by atoms with Gasteiger partial charge in [-0.3, -0.25) is 9.59 Å². The number of hydrogen-bond donors (Lipinski definition) is 0. The number of anilines is 1. The molecule has 4 rings (SSSR count). The maximum absolute atomic E-state index is 12.7. The Bertz CT molecular complexity index is 1090. The molecular formula is C22H21ClN4O2. The smallest absolute Gasteiger partial charge is 0.271 e. The first-order valence-electron chi connectivity index (χ1n) is 9.48. The van der Waals surface area contributed by atoms with Crippen LogP contribution in [0.4, 0.5) is 5.82 Å². The number of carbonyl (C=O) groups is 1. The fraction of sp³-hybridized carbons (Fsp3) is 0.227. The van der Waals surface area contributed by atoms with Gasteiger partial charge in [-0.1, -0.05) is 35.4 Å². The Morgan fingerprint density at radius 1 is 0.966 bits per heavy atom. The van der Waals surface area contributed by atoms with Crippen LogP contribution in [0.2, 0.25) is 5.02 Å². The summed E-state index contributed by atoms with van der Waals surface area (Å²) in [6.07, 6.45) is 0. The molecule has 0 aliphatic carbocycles. The quantitative estimate of drug-likeness (QED) is 0.668. The summed E-state index contributed by atoms with van der Waals surface area (Å²) in [6, 6.07) is 18.0. The van der Waals surface area contributed by atoms with E-state index in [1.165, 1.54) is 10.7 Å². The van der Waals surface area contributed by atoms with Crippen LogP contribution in [-0.4, -0.2) is 46.8 Å². The van der Waals surface area contributed by atoms with Gasteiger partial charge >= 0.3 is 0 Å². The number of aryl methyl sites for hydroxylation is 1. The largest absolute Gasteiger partial charge is 0.352 e. The average molecular weight is 409 g/mol. The fourth-order valence-electron chi connectivity index (χ4n) is 3.38. The highest BCUT2D eigenvalue weighted by molar-refractivity contribution is 6.30. The van der Waals surface area contributed by atoms with Crippen LogP contribution >= 0.6 is 11.6 Å². The summed E-state index contributed by atoms with van der Waals surface area (Å²) in [5.41, 5.74) is 2.28. The molecule has 29 heavy (non-hydrogen) atoms. The number of carbonyl (C=O) groups excluding carboxylic acids is 1. The zero-order chi connectivity index (χ0) is 20.4. The van der Waals surface area contributed by atoms with Gasteiger partial charge in [0.2, 0.25) is 0 Å². The Balaban J connectivity index is 1.49. The normalized spacial score (nSPS) is 14.1. The van der Waals surface area contributed by atoms with Crippen LogP contribution in [0.25, 0.3) is 5.69 Å². The van der Waals surface area contributed by atoms with E-state index in [4.69, 9.17) is 11.6 Å². The van der Waals surface area contributed by atoms with Crippen LogP contribution < -0.4 is 10.5 Å². The molecule has 7 heteroatoms. The molecule has 0 spiro atoms. The zero-order valence-corrected chi connectivity index (χ0v) is 16.8. The lowest BCUT2D eigenvalue weighted by molar-refractivity contribution is 0.0746. The molecule has 1 amide bonds. The number of rotatable bonds is 3. The van der Waals surface area contributed by atoms with Gasteiger partial charge in [-0.05, 0) is 43.3 Å². The van der Waals surface area contributed by atoms with Crippen molar-refractivity contribution in [1.82, 2.24) is 14.7 Å². The minimum absolute atomic E-state index is 0.0234. The van der Waals surface area contributed by atoms with Gasteiger partial charge in [-0.2, -0.15) is 4.68 Å². The lowest BCUT2D eigenvalue weighted by atomic mass is 10.2. The maximum Gasteiger partial charge on any atom is 0.271 e. The van der Waals surface area contributed by atoms with Gasteiger partial charge in [0, 0.05) is 42.8 Å². The second-order valence-corrected chi connectivity index (χ2v) is 7.50. The number of benzene rings is 2. The number of aromatic nitrogens is 2. The van der Waals surface area contributed by atoms with E-state index < -0.39 is 0 Å². The summed E-state index contributed by atoms with van der Waals surface area (Å²) in [5, 5.41) is 5.10. The molecule has 1 aromatic heterocycles. The van der Waals surface area contributed by atoms with E-state index >= 15 is 0 Å².